The molecule has 4 heteroatoms. The molecule has 0 unspecified atom stereocenters. The Morgan fingerprint density at radius 1 is 1.32 bits per heavy atom. The normalized spacial score (nSPS) is 11.4. The summed E-state index contributed by atoms with van der Waals surface area (Å²) in [6, 6.07) is 6.29. The smallest absolute Gasteiger partial charge is 0.141 e. The van der Waals surface area contributed by atoms with E-state index in [4.69, 9.17) is 4.74 Å². The van der Waals surface area contributed by atoms with Crippen LogP contribution >= 0.6 is 11.3 Å². The standard InChI is InChI=1S/C15H20N2OS/c1-15(2,3)11-5-6-14(18-4)13(7-11)16-8-12-9-19-10-17-12/h5-7,9-10,16H,8H2,1-4H3. The van der Waals surface area contributed by atoms with Crippen LogP contribution in [-0.4, -0.2) is 12.1 Å². The van der Waals surface area contributed by atoms with Gasteiger partial charge in [-0.15, -0.1) is 11.3 Å². The number of anilines is 1. The van der Waals surface area contributed by atoms with Crippen molar-refractivity contribution in [2.24, 2.45) is 0 Å². The first-order chi connectivity index (χ1) is 9.00. The van der Waals surface area contributed by atoms with E-state index in [1.807, 2.05) is 17.0 Å². The van der Waals surface area contributed by atoms with E-state index in [0.29, 0.717) is 6.54 Å². The molecule has 2 aromatic rings. The van der Waals surface area contributed by atoms with Crippen LogP contribution in [0.15, 0.2) is 29.1 Å². The molecule has 1 heterocycles. The zero-order valence-corrected chi connectivity index (χ0v) is 12.7. The van der Waals surface area contributed by atoms with Crippen LogP contribution in [0.1, 0.15) is 32.0 Å². The number of thiazole rings is 1. The molecule has 0 amide bonds. The zero-order chi connectivity index (χ0) is 13.9. The molecule has 0 spiro atoms. The summed E-state index contributed by atoms with van der Waals surface area (Å²) in [4.78, 5) is 4.27. The minimum absolute atomic E-state index is 0.128. The van der Waals surface area contributed by atoms with Gasteiger partial charge in [-0.1, -0.05) is 26.8 Å². The Kier molecular flexibility index (Phi) is 4.10. The van der Waals surface area contributed by atoms with Gasteiger partial charge in [-0.2, -0.15) is 0 Å². The second-order valence-electron chi connectivity index (χ2n) is 5.50. The van der Waals surface area contributed by atoms with Crippen LogP contribution in [0.5, 0.6) is 5.75 Å². The largest absolute Gasteiger partial charge is 0.495 e. The lowest BCUT2D eigenvalue weighted by molar-refractivity contribution is 0.416. The molecule has 0 aliphatic heterocycles. The molecular formula is C15H20N2OS. The molecule has 0 saturated heterocycles. The summed E-state index contributed by atoms with van der Waals surface area (Å²) in [6.45, 7) is 7.34. The van der Waals surface area contributed by atoms with E-state index in [2.05, 4.69) is 43.2 Å². The molecule has 3 nitrogen and oxygen atoms in total. The van der Waals surface area contributed by atoms with E-state index in [1.54, 1.807) is 18.4 Å². The molecule has 1 N–H and O–H groups in total. The van der Waals surface area contributed by atoms with Gasteiger partial charge in [0.1, 0.15) is 5.75 Å². The summed E-state index contributed by atoms with van der Waals surface area (Å²) >= 11 is 1.61. The van der Waals surface area contributed by atoms with E-state index in [0.717, 1.165) is 17.1 Å². The lowest BCUT2D eigenvalue weighted by Crippen LogP contribution is -2.12. The summed E-state index contributed by atoms with van der Waals surface area (Å²) in [5.41, 5.74) is 5.33. The predicted octanol–water partition coefficient (Wildman–Crippen LogP) is 4.06. The van der Waals surface area contributed by atoms with Crippen molar-refractivity contribution in [1.82, 2.24) is 4.98 Å². The topological polar surface area (TPSA) is 34.1 Å². The van der Waals surface area contributed by atoms with Gasteiger partial charge in [-0.3, -0.25) is 0 Å². The van der Waals surface area contributed by atoms with Crippen LogP contribution in [0.4, 0.5) is 5.69 Å². The molecule has 1 aromatic carbocycles. The minimum atomic E-state index is 0.128. The number of hydrogen-bond acceptors (Lipinski definition) is 4. The Morgan fingerprint density at radius 3 is 2.68 bits per heavy atom. The maximum atomic E-state index is 5.40. The number of ether oxygens (including phenoxy) is 1. The SMILES string of the molecule is COc1ccc(C(C)(C)C)cc1NCc1cscn1. The lowest BCUT2D eigenvalue weighted by atomic mass is 9.87. The fourth-order valence-corrected chi connectivity index (χ4v) is 2.38. The molecule has 0 bridgehead atoms. The number of rotatable bonds is 4. The zero-order valence-electron chi connectivity index (χ0n) is 11.9. The number of hydrogen-bond donors (Lipinski definition) is 1. The predicted molar refractivity (Wildman–Crippen MR) is 81.1 cm³/mol. The number of methoxy groups -OCH3 is 1. The molecule has 0 radical (unpaired) electrons. The third-order valence-corrected chi connectivity index (χ3v) is 3.64. The van der Waals surface area contributed by atoms with Gasteiger partial charge in [0.05, 0.1) is 30.5 Å². The van der Waals surface area contributed by atoms with Crippen LogP contribution < -0.4 is 10.1 Å². The Morgan fingerprint density at radius 2 is 2.11 bits per heavy atom. The Hall–Kier alpha value is -1.55. The summed E-state index contributed by atoms with van der Waals surface area (Å²) in [5, 5.41) is 5.45. The minimum Gasteiger partial charge on any atom is -0.495 e. The monoisotopic (exact) mass is 276 g/mol. The highest BCUT2D eigenvalue weighted by Crippen LogP contribution is 2.31. The maximum Gasteiger partial charge on any atom is 0.141 e. The highest BCUT2D eigenvalue weighted by molar-refractivity contribution is 7.07. The fraction of sp³-hybridized carbons (Fsp3) is 0.400. The lowest BCUT2D eigenvalue weighted by Gasteiger charge is -2.21. The molecule has 0 saturated carbocycles. The van der Waals surface area contributed by atoms with Gasteiger partial charge < -0.3 is 10.1 Å². The van der Waals surface area contributed by atoms with Crippen molar-refractivity contribution < 1.29 is 4.74 Å². The summed E-state index contributed by atoms with van der Waals surface area (Å²) in [5.74, 6) is 0.864. The summed E-state index contributed by atoms with van der Waals surface area (Å²) in [6.07, 6.45) is 0. The first-order valence-electron chi connectivity index (χ1n) is 6.30. The van der Waals surface area contributed by atoms with Crippen LogP contribution in [0, 0.1) is 0 Å². The molecule has 0 atom stereocenters. The number of aromatic nitrogens is 1. The molecular weight excluding hydrogens is 256 g/mol. The average Bonchev–Trinajstić information content (AvgIpc) is 2.88. The summed E-state index contributed by atoms with van der Waals surface area (Å²) < 4.78 is 5.40. The van der Waals surface area contributed by atoms with Gasteiger partial charge in [-0.05, 0) is 23.1 Å². The molecule has 102 valence electrons. The second-order valence-corrected chi connectivity index (χ2v) is 6.22. The van der Waals surface area contributed by atoms with Crippen LogP contribution in [0.2, 0.25) is 0 Å². The highest BCUT2D eigenvalue weighted by Gasteiger charge is 2.15. The molecule has 2 rings (SSSR count). The van der Waals surface area contributed by atoms with Crippen molar-refractivity contribution in [3.05, 3.63) is 40.3 Å². The van der Waals surface area contributed by atoms with Crippen molar-refractivity contribution >= 4 is 17.0 Å². The van der Waals surface area contributed by atoms with E-state index in [-0.39, 0.29) is 5.41 Å². The maximum absolute atomic E-state index is 5.40. The number of benzene rings is 1. The van der Waals surface area contributed by atoms with Crippen molar-refractivity contribution in [3.8, 4) is 5.75 Å². The van der Waals surface area contributed by atoms with E-state index >= 15 is 0 Å². The van der Waals surface area contributed by atoms with Crippen molar-refractivity contribution in [2.45, 2.75) is 32.7 Å². The van der Waals surface area contributed by atoms with Crippen molar-refractivity contribution in [1.29, 1.82) is 0 Å². The van der Waals surface area contributed by atoms with Crippen molar-refractivity contribution in [2.75, 3.05) is 12.4 Å². The van der Waals surface area contributed by atoms with E-state index < -0.39 is 0 Å². The summed E-state index contributed by atoms with van der Waals surface area (Å²) in [7, 11) is 1.69. The highest BCUT2D eigenvalue weighted by atomic mass is 32.1. The van der Waals surface area contributed by atoms with Crippen LogP contribution in [-0.2, 0) is 12.0 Å². The van der Waals surface area contributed by atoms with Gasteiger partial charge in [-0.25, -0.2) is 4.98 Å². The van der Waals surface area contributed by atoms with Crippen LogP contribution in [0.25, 0.3) is 0 Å². The van der Waals surface area contributed by atoms with Gasteiger partial charge >= 0.3 is 0 Å². The second kappa shape index (κ2) is 5.61. The first kappa shape index (κ1) is 13.9. The first-order valence-corrected chi connectivity index (χ1v) is 7.24. The number of nitrogens with one attached hydrogen (secondary N) is 1. The van der Waals surface area contributed by atoms with Crippen molar-refractivity contribution in [3.63, 3.8) is 0 Å². The number of nitrogens with zero attached hydrogens (tertiary/aromatic N) is 1. The third kappa shape index (κ3) is 3.47. The molecule has 0 aliphatic rings. The van der Waals surface area contributed by atoms with E-state index in [1.165, 1.54) is 5.56 Å². The third-order valence-electron chi connectivity index (χ3n) is 3.01. The molecule has 0 fully saturated rings. The van der Waals surface area contributed by atoms with Gasteiger partial charge in [0.15, 0.2) is 0 Å². The Labute approximate surface area is 118 Å². The quantitative estimate of drug-likeness (QED) is 0.914. The van der Waals surface area contributed by atoms with E-state index in [9.17, 15) is 0 Å². The van der Waals surface area contributed by atoms with Gasteiger partial charge in [0.2, 0.25) is 0 Å². The molecule has 19 heavy (non-hydrogen) atoms. The molecule has 1 aromatic heterocycles. The Balaban J connectivity index is 2.21. The Bertz CT molecular complexity index is 530. The van der Waals surface area contributed by atoms with Gasteiger partial charge in [0, 0.05) is 5.38 Å². The van der Waals surface area contributed by atoms with Crippen LogP contribution in [0.3, 0.4) is 0 Å². The van der Waals surface area contributed by atoms with Gasteiger partial charge in [0.25, 0.3) is 0 Å². The average molecular weight is 276 g/mol. The fourth-order valence-electron chi connectivity index (χ4n) is 1.82. The molecule has 0 aliphatic carbocycles.